The summed E-state index contributed by atoms with van der Waals surface area (Å²) in [5.41, 5.74) is 2.96. The highest BCUT2D eigenvalue weighted by atomic mass is 32.1. The summed E-state index contributed by atoms with van der Waals surface area (Å²) in [6.45, 7) is 6.30. The fourth-order valence-corrected chi connectivity index (χ4v) is 2.92. The number of hydrogen-bond acceptors (Lipinski definition) is 5. The van der Waals surface area contributed by atoms with Crippen LogP contribution in [0, 0.1) is 0 Å². The minimum atomic E-state index is -0.703. The summed E-state index contributed by atoms with van der Waals surface area (Å²) in [4.78, 5) is 19.8. The van der Waals surface area contributed by atoms with Crippen LogP contribution in [0.3, 0.4) is 0 Å². The molecule has 2 rings (SSSR count). The first kappa shape index (κ1) is 13.5. The number of aromatic nitrogens is 1. The molecule has 1 unspecified atom stereocenters. The van der Waals surface area contributed by atoms with Crippen molar-refractivity contribution < 1.29 is 9.90 Å². The first-order valence-corrected chi connectivity index (χ1v) is 7.21. The van der Waals surface area contributed by atoms with E-state index in [1.165, 1.54) is 0 Å². The summed E-state index contributed by atoms with van der Waals surface area (Å²) >= 11 is 1.62. The van der Waals surface area contributed by atoms with Crippen LogP contribution in [0.25, 0.3) is 0 Å². The van der Waals surface area contributed by atoms with Gasteiger partial charge in [0.25, 0.3) is 0 Å². The Balaban J connectivity index is 1.82. The third kappa shape index (κ3) is 3.28. The van der Waals surface area contributed by atoms with Crippen LogP contribution in [0.2, 0.25) is 0 Å². The molecule has 18 heavy (non-hydrogen) atoms. The molecular formula is C12H19N3O2S. The van der Waals surface area contributed by atoms with E-state index in [4.69, 9.17) is 5.11 Å². The Kier molecular flexibility index (Phi) is 4.68. The van der Waals surface area contributed by atoms with Gasteiger partial charge in [-0.2, -0.15) is 0 Å². The molecule has 0 radical (unpaired) electrons. The van der Waals surface area contributed by atoms with Crippen LogP contribution in [-0.4, -0.2) is 58.1 Å². The third-order valence-electron chi connectivity index (χ3n) is 3.39. The monoisotopic (exact) mass is 269 g/mol. The lowest BCUT2D eigenvalue weighted by atomic mass is 10.1. The van der Waals surface area contributed by atoms with Gasteiger partial charge in [0.2, 0.25) is 0 Å². The first-order chi connectivity index (χ1) is 8.70. The normalized spacial score (nSPS) is 19.8. The summed E-state index contributed by atoms with van der Waals surface area (Å²) in [6, 6.07) is -0.327. The van der Waals surface area contributed by atoms with E-state index >= 15 is 0 Å². The van der Waals surface area contributed by atoms with Crippen molar-refractivity contribution in [2.75, 3.05) is 26.2 Å². The molecular weight excluding hydrogens is 250 g/mol. The highest BCUT2D eigenvalue weighted by Gasteiger charge is 2.27. The highest BCUT2D eigenvalue weighted by molar-refractivity contribution is 7.07. The Morgan fingerprint density at radius 2 is 2.22 bits per heavy atom. The van der Waals surface area contributed by atoms with Crippen molar-refractivity contribution in [2.24, 2.45) is 0 Å². The maximum atomic E-state index is 11.1. The van der Waals surface area contributed by atoms with Crippen molar-refractivity contribution in [3.8, 4) is 0 Å². The number of hydrogen-bond donors (Lipinski definition) is 1. The average molecular weight is 269 g/mol. The number of piperazine rings is 1. The zero-order valence-corrected chi connectivity index (χ0v) is 11.4. The van der Waals surface area contributed by atoms with E-state index in [2.05, 4.69) is 20.2 Å². The van der Waals surface area contributed by atoms with Gasteiger partial charge in [-0.25, -0.2) is 4.98 Å². The van der Waals surface area contributed by atoms with E-state index in [0.717, 1.165) is 38.4 Å². The Morgan fingerprint density at radius 3 is 2.72 bits per heavy atom. The quantitative estimate of drug-likeness (QED) is 0.868. The smallest absolute Gasteiger partial charge is 0.320 e. The second-order valence-corrected chi connectivity index (χ2v) is 5.27. The largest absolute Gasteiger partial charge is 0.480 e. The maximum absolute atomic E-state index is 11.1. The van der Waals surface area contributed by atoms with E-state index in [0.29, 0.717) is 6.42 Å². The van der Waals surface area contributed by atoms with Gasteiger partial charge >= 0.3 is 5.97 Å². The Hall–Kier alpha value is -0.980. The van der Waals surface area contributed by atoms with Crippen molar-refractivity contribution in [1.29, 1.82) is 0 Å². The topological polar surface area (TPSA) is 56.7 Å². The average Bonchev–Trinajstić information content (AvgIpc) is 2.84. The SMILES string of the molecule is CCC(C(=O)O)N1CCN(Cc2cscn2)CC1. The molecule has 1 atom stereocenters. The van der Waals surface area contributed by atoms with Crippen molar-refractivity contribution in [2.45, 2.75) is 25.9 Å². The van der Waals surface area contributed by atoms with Gasteiger partial charge in [0.15, 0.2) is 0 Å². The van der Waals surface area contributed by atoms with Gasteiger partial charge in [-0.05, 0) is 6.42 Å². The predicted molar refractivity (Wildman–Crippen MR) is 70.7 cm³/mol. The summed E-state index contributed by atoms with van der Waals surface area (Å²) in [7, 11) is 0. The molecule has 1 aliphatic heterocycles. The molecule has 0 amide bonds. The molecule has 0 aromatic carbocycles. The lowest BCUT2D eigenvalue weighted by Gasteiger charge is -2.37. The number of carboxylic acids is 1. The van der Waals surface area contributed by atoms with E-state index in [9.17, 15) is 4.79 Å². The Morgan fingerprint density at radius 1 is 1.50 bits per heavy atom. The van der Waals surface area contributed by atoms with Gasteiger partial charge < -0.3 is 5.11 Å². The third-order valence-corrected chi connectivity index (χ3v) is 4.02. The second kappa shape index (κ2) is 6.26. The standard InChI is InChI=1S/C12H19N3O2S/c1-2-11(12(16)17)15-5-3-14(4-6-15)7-10-8-18-9-13-10/h8-9,11H,2-7H2,1H3,(H,16,17). The first-order valence-electron chi connectivity index (χ1n) is 6.27. The summed E-state index contributed by atoms with van der Waals surface area (Å²) in [5, 5.41) is 11.2. The van der Waals surface area contributed by atoms with Crippen LogP contribution >= 0.6 is 11.3 Å². The predicted octanol–water partition coefficient (Wildman–Crippen LogP) is 1.12. The maximum Gasteiger partial charge on any atom is 0.320 e. The lowest BCUT2D eigenvalue weighted by molar-refractivity contribution is -0.144. The van der Waals surface area contributed by atoms with Gasteiger partial charge in [0.1, 0.15) is 6.04 Å². The van der Waals surface area contributed by atoms with Crippen molar-refractivity contribution in [1.82, 2.24) is 14.8 Å². The summed E-state index contributed by atoms with van der Waals surface area (Å²) in [5.74, 6) is -0.703. The van der Waals surface area contributed by atoms with Crippen LogP contribution in [-0.2, 0) is 11.3 Å². The van der Waals surface area contributed by atoms with Crippen molar-refractivity contribution in [3.05, 3.63) is 16.6 Å². The molecule has 0 aliphatic carbocycles. The molecule has 2 heterocycles. The molecule has 0 bridgehead atoms. The van der Waals surface area contributed by atoms with Crippen molar-refractivity contribution in [3.63, 3.8) is 0 Å². The lowest BCUT2D eigenvalue weighted by Crippen LogP contribution is -2.52. The molecule has 100 valence electrons. The Bertz CT molecular complexity index is 375. The number of aliphatic carboxylic acids is 1. The van der Waals surface area contributed by atoms with Gasteiger partial charge in [0, 0.05) is 38.1 Å². The zero-order chi connectivity index (χ0) is 13.0. The molecule has 1 aromatic heterocycles. The number of carboxylic acid groups (broad SMARTS) is 1. The summed E-state index contributed by atoms with van der Waals surface area (Å²) < 4.78 is 0. The molecule has 1 N–H and O–H groups in total. The Labute approximate surface area is 111 Å². The summed E-state index contributed by atoms with van der Waals surface area (Å²) in [6.07, 6.45) is 0.668. The van der Waals surface area contributed by atoms with Crippen LogP contribution in [0.1, 0.15) is 19.0 Å². The molecule has 1 aromatic rings. The fraction of sp³-hybridized carbons (Fsp3) is 0.667. The number of nitrogens with zero attached hydrogens (tertiary/aromatic N) is 3. The number of carbonyl (C=O) groups is 1. The number of thiazole rings is 1. The van der Waals surface area contributed by atoms with Crippen LogP contribution in [0.5, 0.6) is 0 Å². The minimum absolute atomic E-state index is 0.327. The minimum Gasteiger partial charge on any atom is -0.480 e. The van der Waals surface area contributed by atoms with Crippen LogP contribution < -0.4 is 0 Å². The van der Waals surface area contributed by atoms with Gasteiger partial charge in [-0.1, -0.05) is 6.92 Å². The van der Waals surface area contributed by atoms with E-state index in [1.807, 2.05) is 12.4 Å². The van der Waals surface area contributed by atoms with Crippen LogP contribution in [0.4, 0.5) is 0 Å². The van der Waals surface area contributed by atoms with E-state index in [-0.39, 0.29) is 6.04 Å². The molecule has 1 saturated heterocycles. The molecule has 1 fully saturated rings. The molecule has 6 heteroatoms. The van der Waals surface area contributed by atoms with E-state index in [1.54, 1.807) is 11.3 Å². The molecule has 0 spiro atoms. The highest BCUT2D eigenvalue weighted by Crippen LogP contribution is 2.12. The molecule has 1 aliphatic rings. The van der Waals surface area contributed by atoms with Crippen LogP contribution in [0.15, 0.2) is 10.9 Å². The molecule has 0 saturated carbocycles. The van der Waals surface area contributed by atoms with Gasteiger partial charge in [-0.15, -0.1) is 11.3 Å². The zero-order valence-electron chi connectivity index (χ0n) is 10.6. The van der Waals surface area contributed by atoms with Gasteiger partial charge in [0.05, 0.1) is 11.2 Å². The fourth-order valence-electron chi connectivity index (χ4n) is 2.37. The van der Waals surface area contributed by atoms with E-state index < -0.39 is 5.97 Å². The number of rotatable bonds is 5. The molecule has 5 nitrogen and oxygen atoms in total. The second-order valence-electron chi connectivity index (χ2n) is 4.55. The van der Waals surface area contributed by atoms with Crippen molar-refractivity contribution >= 4 is 17.3 Å². The van der Waals surface area contributed by atoms with Gasteiger partial charge in [-0.3, -0.25) is 14.6 Å².